The minimum absolute atomic E-state index is 0.0255. The van der Waals surface area contributed by atoms with E-state index in [2.05, 4.69) is 0 Å². The Balaban J connectivity index is 0.000000152. The minimum Gasteiger partial charge on any atom is -0.371 e. The van der Waals surface area contributed by atoms with Crippen LogP contribution in [0.3, 0.4) is 0 Å². The van der Waals surface area contributed by atoms with E-state index in [1.54, 1.807) is 6.92 Å². The number of fused-ring (bicyclic) bond motifs is 2. The average molecular weight is 553 g/mol. The normalized spacial score (nSPS) is 44.4. The van der Waals surface area contributed by atoms with Crippen LogP contribution in [0.25, 0.3) is 0 Å². The van der Waals surface area contributed by atoms with E-state index in [1.807, 2.05) is 0 Å². The molecule has 0 radical (unpaired) electrons. The minimum atomic E-state index is -0.168. The monoisotopic (exact) mass is 552 g/mol. The maximum Gasteiger partial charge on any atom is 0.186 e. The number of thioether (sulfide) groups is 1. The molecule has 0 saturated carbocycles. The van der Waals surface area contributed by atoms with Gasteiger partial charge in [0, 0.05) is 20.1 Å². The van der Waals surface area contributed by atoms with Crippen molar-refractivity contribution >= 4 is 29.7 Å². The molecule has 10 atom stereocenters. The Morgan fingerprint density at radius 3 is 1.83 bits per heavy atom. The number of rotatable bonds is 7. The number of carbonyl (C=O) groups is 1. The van der Waals surface area contributed by atoms with Crippen molar-refractivity contribution in [3.05, 3.63) is 0 Å². The Labute approximate surface area is 223 Å². The van der Waals surface area contributed by atoms with E-state index in [4.69, 9.17) is 43.2 Å². The molecule has 0 amide bonds. The highest BCUT2D eigenvalue weighted by atomic mass is 32.2. The molecule has 0 spiro atoms. The van der Waals surface area contributed by atoms with Crippen molar-refractivity contribution in [2.24, 2.45) is 0 Å². The highest BCUT2D eigenvalue weighted by molar-refractivity contribution is 8.14. The fourth-order valence-electron chi connectivity index (χ4n) is 5.52. The van der Waals surface area contributed by atoms with Crippen LogP contribution in [0.4, 0.5) is 0 Å². The van der Waals surface area contributed by atoms with Crippen LogP contribution in [0.1, 0.15) is 45.4 Å². The quantitative estimate of drug-likeness (QED) is 0.372. The second-order valence-electron chi connectivity index (χ2n) is 9.92. The van der Waals surface area contributed by atoms with Gasteiger partial charge in [-0.2, -0.15) is 0 Å². The van der Waals surface area contributed by atoms with Gasteiger partial charge in [0.05, 0.1) is 31.7 Å². The molecule has 36 heavy (non-hydrogen) atoms. The number of thiol groups is 1. The van der Waals surface area contributed by atoms with Crippen molar-refractivity contribution in [1.29, 1.82) is 1.12 Å². The van der Waals surface area contributed by atoms with Gasteiger partial charge >= 0.3 is 0 Å². The van der Waals surface area contributed by atoms with Crippen molar-refractivity contribution in [3.63, 3.8) is 0 Å². The van der Waals surface area contributed by atoms with Crippen LogP contribution in [0.2, 0.25) is 0 Å². The highest BCUT2D eigenvalue weighted by Crippen LogP contribution is 2.36. The Hall–Kier alpha value is 0.01000. The lowest BCUT2D eigenvalue weighted by molar-refractivity contribution is -0.202. The molecule has 2 unspecified atom stereocenters. The zero-order valence-electron chi connectivity index (χ0n) is 21.7. The molecule has 6 aliphatic rings. The largest absolute Gasteiger partial charge is 0.371 e. The molecule has 0 aliphatic carbocycles. The highest BCUT2D eigenvalue weighted by Gasteiger charge is 2.50. The van der Waals surface area contributed by atoms with Crippen molar-refractivity contribution in [3.8, 4) is 0 Å². The van der Waals surface area contributed by atoms with Gasteiger partial charge in [-0.1, -0.05) is 11.8 Å². The summed E-state index contributed by atoms with van der Waals surface area (Å²) in [5, 5.41) is 0.209. The first-order valence-corrected chi connectivity index (χ1v) is 14.3. The molecule has 6 aliphatic heterocycles. The Morgan fingerprint density at radius 2 is 1.28 bits per heavy atom. The molecule has 0 aromatic heterocycles. The molecule has 6 rings (SSSR count). The lowest BCUT2D eigenvalue weighted by Gasteiger charge is -2.27. The summed E-state index contributed by atoms with van der Waals surface area (Å²) >= 11 is 1.92. The summed E-state index contributed by atoms with van der Waals surface area (Å²) in [4.78, 5) is 11.2. The average Bonchev–Trinajstić information content (AvgIpc) is 3.67. The lowest BCUT2D eigenvalue weighted by Crippen LogP contribution is -2.37. The summed E-state index contributed by atoms with van der Waals surface area (Å²) in [5.74, 6) is 0. The molecule has 0 aromatic carbocycles. The second kappa shape index (κ2) is 13.4. The lowest BCUT2D eigenvalue weighted by atomic mass is 10.1. The zero-order valence-corrected chi connectivity index (χ0v) is 22.3. The van der Waals surface area contributed by atoms with Crippen molar-refractivity contribution in [2.75, 3.05) is 39.6 Å². The van der Waals surface area contributed by atoms with Crippen LogP contribution in [0.5, 0.6) is 0 Å². The summed E-state index contributed by atoms with van der Waals surface area (Å²) in [6, 6.07) is 0. The van der Waals surface area contributed by atoms with Gasteiger partial charge in [0.25, 0.3) is 0 Å². The summed E-state index contributed by atoms with van der Waals surface area (Å²) in [6.45, 7) is 5.20. The van der Waals surface area contributed by atoms with E-state index < -0.39 is 0 Å². The van der Waals surface area contributed by atoms with Crippen LogP contribution in [-0.4, -0.2) is 106 Å². The van der Waals surface area contributed by atoms with Crippen LogP contribution in [0, 0.1) is 0 Å². The summed E-state index contributed by atoms with van der Waals surface area (Å²) < 4.78 is 58.1. The summed E-state index contributed by atoms with van der Waals surface area (Å²) in [7, 11) is 0. The van der Waals surface area contributed by atoms with Gasteiger partial charge in [-0.25, -0.2) is 0 Å². The third-order valence-corrected chi connectivity index (χ3v) is 8.58. The molecule has 10 nitrogen and oxygen atoms in total. The molecular formula is C24H38O10S2. The maximum atomic E-state index is 11.2. The van der Waals surface area contributed by atoms with Crippen molar-refractivity contribution in [2.45, 2.75) is 106 Å². The van der Waals surface area contributed by atoms with Gasteiger partial charge in [0.15, 0.2) is 17.7 Å². The van der Waals surface area contributed by atoms with Gasteiger partial charge in [-0.05, 0) is 51.3 Å². The molecular weight excluding hydrogens is 512 g/mol. The van der Waals surface area contributed by atoms with Gasteiger partial charge in [-0.3, -0.25) is 4.79 Å². The fourth-order valence-corrected chi connectivity index (χ4v) is 6.62. The van der Waals surface area contributed by atoms with Gasteiger partial charge in [-0.15, -0.1) is 0 Å². The molecule has 206 valence electrons. The van der Waals surface area contributed by atoms with E-state index in [1.165, 1.54) is 11.8 Å². The first kappa shape index (κ1) is 26.2. The van der Waals surface area contributed by atoms with Crippen LogP contribution < -0.4 is 0 Å². The molecule has 6 fully saturated rings. The third-order valence-electron chi connectivity index (χ3n) is 7.29. The summed E-state index contributed by atoms with van der Waals surface area (Å²) in [6.07, 6.45) is 5.56. The zero-order chi connectivity index (χ0) is 25.6. The van der Waals surface area contributed by atoms with E-state index in [0.29, 0.717) is 39.2 Å². The van der Waals surface area contributed by atoms with Crippen LogP contribution in [0.15, 0.2) is 0 Å². The second-order valence-corrected chi connectivity index (χ2v) is 11.5. The first-order chi connectivity index (χ1) is 18.1. The number of carbonyl (C=O) groups excluding carboxylic acids is 1. The van der Waals surface area contributed by atoms with E-state index >= 15 is 0 Å². The predicted molar refractivity (Wildman–Crippen MR) is 132 cm³/mol. The van der Waals surface area contributed by atoms with Crippen LogP contribution in [-0.2, 0) is 46.9 Å². The van der Waals surface area contributed by atoms with Crippen molar-refractivity contribution < 1.29 is 46.9 Å². The van der Waals surface area contributed by atoms with Crippen molar-refractivity contribution in [1.82, 2.24) is 0 Å². The molecule has 0 aromatic rings. The molecule has 0 bridgehead atoms. The van der Waals surface area contributed by atoms with E-state index in [-0.39, 0.29) is 65.7 Å². The Bertz CT molecular complexity index is 726. The third kappa shape index (κ3) is 6.77. The molecule has 12 heteroatoms. The first-order valence-electron chi connectivity index (χ1n) is 13.5. The Kier molecular flexibility index (Phi) is 9.76. The van der Waals surface area contributed by atoms with Gasteiger partial charge in [0.1, 0.15) is 43.9 Å². The predicted octanol–water partition coefficient (Wildman–Crippen LogP) is 2.27. The molecule has 6 saturated heterocycles. The topological polar surface area (TPSA) is 100 Å². The van der Waals surface area contributed by atoms with Gasteiger partial charge < -0.3 is 42.1 Å². The molecule has 6 heterocycles. The van der Waals surface area contributed by atoms with Gasteiger partial charge in [0.2, 0.25) is 0 Å². The fraction of sp³-hybridized carbons (Fsp3) is 0.958. The number of hydrogen-bond donors (Lipinski definition) is 1. The smallest absolute Gasteiger partial charge is 0.186 e. The van der Waals surface area contributed by atoms with Crippen LogP contribution >= 0.6 is 24.6 Å². The van der Waals surface area contributed by atoms with E-state index in [0.717, 1.165) is 51.7 Å². The summed E-state index contributed by atoms with van der Waals surface area (Å²) in [5.41, 5.74) is 0. The maximum absolute atomic E-state index is 11.2. The van der Waals surface area contributed by atoms with E-state index in [9.17, 15) is 4.79 Å². The SMILES string of the molecule is CC(=O)S[C@H]1CO[C@H]2[C@@H]1OC[C@@H]2OC1CCCCO1.[3H]SO[C@@H]1CO[C@H]2[C@@H]1OC[C@@H]2OC1CCCCO1. The standard InChI is InChI=1S/C13H20O5S.C11H18O5S/c1-8(14)19-10-7-17-12-9(6-16-13(10)12)18-11-4-2-3-5-15-11;17-16-8-6-14-10-7(5-13-11(8)10)15-9-3-1-2-4-12-9/h9-13H,2-7H2,1H3;7-11,17H,1-6H2/t9-,10-,11?,12+,13+;7-,8+,9?,10+,11+/m00/s1/i/hT. The number of hydrogen-bond acceptors (Lipinski definition) is 12. The Morgan fingerprint density at radius 1 is 0.750 bits per heavy atom. The number of ether oxygens (including phenoxy) is 8. The molecule has 0 N–H and O–H groups in total.